The fourth-order valence-electron chi connectivity index (χ4n) is 2.17. The van der Waals surface area contributed by atoms with Crippen LogP contribution in [0.3, 0.4) is 0 Å². The zero-order valence-electron chi connectivity index (χ0n) is 13.5. The molecule has 0 amide bonds. The van der Waals surface area contributed by atoms with Crippen LogP contribution in [0.4, 0.5) is 5.95 Å². The number of hydrogen-bond donors (Lipinski definition) is 2. The summed E-state index contributed by atoms with van der Waals surface area (Å²) in [5.74, 6) is 0.958. The number of allylic oxidation sites excluding steroid dienone is 1. The molecule has 0 atom stereocenters. The maximum absolute atomic E-state index is 10.1. The molecule has 23 heavy (non-hydrogen) atoms. The minimum absolute atomic E-state index is 0.121. The zero-order valence-corrected chi connectivity index (χ0v) is 13.5. The molecule has 2 rings (SSSR count). The lowest BCUT2D eigenvalue weighted by Gasteiger charge is -2.09. The van der Waals surface area contributed by atoms with Crippen LogP contribution in [0.25, 0.3) is 0 Å². The van der Waals surface area contributed by atoms with Gasteiger partial charge in [0.1, 0.15) is 0 Å². The van der Waals surface area contributed by atoms with E-state index in [9.17, 15) is 5.11 Å². The van der Waals surface area contributed by atoms with E-state index in [0.29, 0.717) is 18.1 Å². The monoisotopic (exact) mass is 312 g/mol. The minimum Gasteiger partial charge on any atom is -0.504 e. The van der Waals surface area contributed by atoms with Gasteiger partial charge in [0.2, 0.25) is 5.95 Å². The van der Waals surface area contributed by atoms with Crippen LogP contribution in [-0.4, -0.2) is 28.4 Å². The number of aromatic nitrogens is 2. The molecule has 0 saturated carbocycles. The first-order valence-corrected chi connectivity index (χ1v) is 7.15. The van der Waals surface area contributed by atoms with Crippen LogP contribution in [0.1, 0.15) is 22.5 Å². The normalized spacial score (nSPS) is 10.7. The lowest BCUT2D eigenvalue weighted by Crippen LogP contribution is -2.00. The number of nitrogens with one attached hydrogen (secondary N) is 1. The molecular weight excluding hydrogens is 292 g/mol. The molecule has 0 fully saturated rings. The maximum atomic E-state index is 10.1. The van der Waals surface area contributed by atoms with E-state index in [4.69, 9.17) is 4.74 Å². The number of aromatic hydroxyl groups is 1. The first-order valence-electron chi connectivity index (χ1n) is 7.15. The van der Waals surface area contributed by atoms with Gasteiger partial charge in [0.15, 0.2) is 11.5 Å². The van der Waals surface area contributed by atoms with Gasteiger partial charge in [0.05, 0.1) is 13.3 Å². The number of anilines is 1. The number of methoxy groups -OCH3 is 1. The molecule has 0 bridgehead atoms. The van der Waals surface area contributed by atoms with Crippen molar-refractivity contribution in [3.63, 3.8) is 0 Å². The molecule has 0 aliphatic rings. The molecule has 1 aromatic carbocycles. The Kier molecular flexibility index (Phi) is 5.30. The van der Waals surface area contributed by atoms with Crippen LogP contribution < -0.4 is 10.2 Å². The lowest BCUT2D eigenvalue weighted by molar-refractivity contribution is 0.371. The molecule has 0 saturated heterocycles. The van der Waals surface area contributed by atoms with Crippen molar-refractivity contribution in [2.45, 2.75) is 20.3 Å². The quantitative estimate of drug-likeness (QED) is 0.487. The summed E-state index contributed by atoms with van der Waals surface area (Å²) >= 11 is 0. The Morgan fingerprint density at radius 2 is 1.96 bits per heavy atom. The molecule has 120 valence electrons. The van der Waals surface area contributed by atoms with E-state index in [0.717, 1.165) is 22.5 Å². The fourth-order valence-corrected chi connectivity index (χ4v) is 2.17. The third-order valence-electron chi connectivity index (χ3n) is 3.12. The molecular formula is C17H20N4O2. The Balaban J connectivity index is 2.21. The smallest absolute Gasteiger partial charge is 0.243 e. The number of hydrogen-bond acceptors (Lipinski definition) is 6. The molecule has 2 aromatic rings. The number of rotatable bonds is 6. The predicted molar refractivity (Wildman–Crippen MR) is 91.3 cm³/mol. The van der Waals surface area contributed by atoms with Gasteiger partial charge in [0.25, 0.3) is 0 Å². The van der Waals surface area contributed by atoms with E-state index in [2.05, 4.69) is 27.1 Å². The van der Waals surface area contributed by atoms with Crippen LogP contribution in [-0.2, 0) is 6.42 Å². The van der Waals surface area contributed by atoms with Crippen molar-refractivity contribution in [2.75, 3.05) is 12.5 Å². The number of hydrazone groups is 1. The van der Waals surface area contributed by atoms with Crippen LogP contribution in [0.5, 0.6) is 11.5 Å². The fraction of sp³-hybridized carbons (Fsp3) is 0.235. The molecule has 0 aliphatic heterocycles. The maximum Gasteiger partial charge on any atom is 0.243 e. The van der Waals surface area contributed by atoms with Gasteiger partial charge in [-0.05, 0) is 44.0 Å². The van der Waals surface area contributed by atoms with Crippen LogP contribution in [0.2, 0.25) is 0 Å². The SMILES string of the molecule is C=CCc1cc(/C=N/Nc2nc(C)cc(C)n2)cc(OC)c1O. The summed E-state index contributed by atoms with van der Waals surface area (Å²) in [6.07, 6.45) is 3.88. The van der Waals surface area contributed by atoms with Crippen LogP contribution in [0, 0.1) is 13.8 Å². The van der Waals surface area contributed by atoms with E-state index in [1.165, 1.54) is 7.11 Å². The summed E-state index contributed by atoms with van der Waals surface area (Å²) in [6.45, 7) is 7.48. The Morgan fingerprint density at radius 3 is 2.57 bits per heavy atom. The minimum atomic E-state index is 0.121. The van der Waals surface area contributed by atoms with Gasteiger partial charge in [-0.3, -0.25) is 0 Å². The Bertz CT molecular complexity index is 721. The standard InChI is InChI=1S/C17H20N4O2/c1-5-6-14-8-13(9-15(23-4)16(14)22)10-18-21-17-19-11(2)7-12(3)20-17/h5,7-10,22H,1,6H2,2-4H3,(H,19,20,21)/b18-10+. The average molecular weight is 312 g/mol. The Labute approximate surface area is 135 Å². The van der Waals surface area contributed by atoms with Gasteiger partial charge >= 0.3 is 0 Å². The number of benzene rings is 1. The Hall–Kier alpha value is -2.89. The first kappa shape index (κ1) is 16.5. The molecule has 0 radical (unpaired) electrons. The van der Waals surface area contributed by atoms with Crippen molar-refractivity contribution in [1.82, 2.24) is 9.97 Å². The van der Waals surface area contributed by atoms with Gasteiger partial charge in [-0.1, -0.05) is 6.08 Å². The summed E-state index contributed by atoms with van der Waals surface area (Å²) < 4.78 is 5.18. The van der Waals surface area contributed by atoms with Crippen molar-refractivity contribution in [3.05, 3.63) is 53.4 Å². The highest BCUT2D eigenvalue weighted by molar-refractivity contribution is 5.82. The summed E-state index contributed by atoms with van der Waals surface area (Å²) in [6, 6.07) is 5.42. The zero-order chi connectivity index (χ0) is 16.8. The molecule has 2 N–H and O–H groups in total. The second-order valence-corrected chi connectivity index (χ2v) is 5.07. The summed E-state index contributed by atoms with van der Waals surface area (Å²) in [7, 11) is 1.51. The predicted octanol–water partition coefficient (Wildman–Crippen LogP) is 2.98. The summed E-state index contributed by atoms with van der Waals surface area (Å²) in [5.41, 5.74) is 6.05. The van der Waals surface area contributed by atoms with Crippen molar-refractivity contribution < 1.29 is 9.84 Å². The van der Waals surface area contributed by atoms with Crippen LogP contribution in [0.15, 0.2) is 36.0 Å². The van der Waals surface area contributed by atoms with E-state index in [1.807, 2.05) is 26.0 Å². The average Bonchev–Trinajstić information content (AvgIpc) is 2.49. The molecule has 0 spiro atoms. The topological polar surface area (TPSA) is 79.6 Å². The third kappa shape index (κ3) is 4.29. The van der Waals surface area contributed by atoms with Crippen molar-refractivity contribution in [1.29, 1.82) is 0 Å². The highest BCUT2D eigenvalue weighted by Gasteiger charge is 2.08. The van der Waals surface area contributed by atoms with Crippen molar-refractivity contribution in [3.8, 4) is 11.5 Å². The van der Waals surface area contributed by atoms with E-state index in [-0.39, 0.29) is 5.75 Å². The van der Waals surface area contributed by atoms with Crippen molar-refractivity contribution >= 4 is 12.2 Å². The number of ether oxygens (including phenoxy) is 1. The van der Waals surface area contributed by atoms with Gasteiger partial charge in [-0.25, -0.2) is 15.4 Å². The molecule has 0 aliphatic carbocycles. The summed E-state index contributed by atoms with van der Waals surface area (Å²) in [4.78, 5) is 8.49. The second kappa shape index (κ2) is 7.40. The molecule has 0 unspecified atom stereocenters. The van der Waals surface area contributed by atoms with Gasteiger partial charge in [-0.15, -0.1) is 6.58 Å². The number of phenolic OH excluding ortho intramolecular Hbond substituents is 1. The molecule has 1 aromatic heterocycles. The molecule has 1 heterocycles. The van der Waals surface area contributed by atoms with Crippen molar-refractivity contribution in [2.24, 2.45) is 5.10 Å². The van der Waals surface area contributed by atoms with Crippen LogP contribution >= 0.6 is 0 Å². The third-order valence-corrected chi connectivity index (χ3v) is 3.12. The first-order chi connectivity index (χ1) is 11.0. The molecule has 6 nitrogen and oxygen atoms in total. The number of aryl methyl sites for hydroxylation is 2. The number of phenols is 1. The van der Waals surface area contributed by atoms with E-state index in [1.54, 1.807) is 18.4 Å². The summed E-state index contributed by atoms with van der Waals surface area (Å²) in [5, 5.41) is 14.2. The number of nitrogens with zero attached hydrogens (tertiary/aromatic N) is 3. The van der Waals surface area contributed by atoms with Gasteiger partial charge < -0.3 is 9.84 Å². The highest BCUT2D eigenvalue weighted by atomic mass is 16.5. The largest absolute Gasteiger partial charge is 0.504 e. The highest BCUT2D eigenvalue weighted by Crippen LogP contribution is 2.31. The van der Waals surface area contributed by atoms with E-state index >= 15 is 0 Å². The molecule has 6 heteroatoms. The Morgan fingerprint density at radius 1 is 1.26 bits per heavy atom. The second-order valence-electron chi connectivity index (χ2n) is 5.07. The van der Waals surface area contributed by atoms with Gasteiger partial charge in [-0.2, -0.15) is 5.10 Å². The van der Waals surface area contributed by atoms with E-state index < -0.39 is 0 Å². The van der Waals surface area contributed by atoms with Gasteiger partial charge in [0, 0.05) is 17.0 Å². The lowest BCUT2D eigenvalue weighted by atomic mass is 10.1.